The van der Waals surface area contributed by atoms with Crippen molar-refractivity contribution in [3.8, 4) is 0 Å². The SMILES string of the molecule is CCCCCCCCCCCC[N+](CC)(CC)CCCC1(OC=O)C2CC3CC(C2)CC1C3. The second-order valence-electron chi connectivity index (χ2n) is 12.2. The second kappa shape index (κ2) is 13.5. The van der Waals surface area contributed by atoms with Gasteiger partial charge in [-0.05, 0) is 88.9 Å². The maximum absolute atomic E-state index is 11.6. The fourth-order valence-electron chi connectivity index (χ4n) is 8.32. The van der Waals surface area contributed by atoms with Crippen molar-refractivity contribution in [2.24, 2.45) is 23.7 Å². The van der Waals surface area contributed by atoms with Crippen LogP contribution < -0.4 is 0 Å². The van der Waals surface area contributed by atoms with Crippen LogP contribution >= 0.6 is 0 Å². The average molecular weight is 463 g/mol. The Morgan fingerprint density at radius 3 is 1.67 bits per heavy atom. The Balaban J connectivity index is 1.39. The van der Waals surface area contributed by atoms with Crippen molar-refractivity contribution in [2.45, 2.75) is 136 Å². The van der Waals surface area contributed by atoms with Crippen molar-refractivity contribution in [1.82, 2.24) is 0 Å². The van der Waals surface area contributed by atoms with E-state index in [1.165, 1.54) is 133 Å². The quantitative estimate of drug-likeness (QED) is 0.111. The zero-order valence-corrected chi connectivity index (χ0v) is 22.5. The largest absolute Gasteiger partial charge is 0.461 e. The lowest BCUT2D eigenvalue weighted by atomic mass is 9.49. The van der Waals surface area contributed by atoms with Crippen molar-refractivity contribution in [3.05, 3.63) is 0 Å². The van der Waals surface area contributed by atoms with Gasteiger partial charge in [-0.3, -0.25) is 4.79 Å². The zero-order valence-electron chi connectivity index (χ0n) is 22.5. The summed E-state index contributed by atoms with van der Waals surface area (Å²) in [5, 5.41) is 0. The predicted molar refractivity (Wildman–Crippen MR) is 139 cm³/mol. The summed E-state index contributed by atoms with van der Waals surface area (Å²) in [6.07, 6.45) is 23.2. The fourth-order valence-corrected chi connectivity index (χ4v) is 8.32. The Morgan fingerprint density at radius 1 is 0.697 bits per heavy atom. The third-order valence-corrected chi connectivity index (χ3v) is 10.3. The molecule has 0 aromatic carbocycles. The Kier molecular flexibility index (Phi) is 11.1. The van der Waals surface area contributed by atoms with E-state index < -0.39 is 0 Å². The molecule has 3 heteroatoms. The van der Waals surface area contributed by atoms with Crippen LogP contribution in [0.25, 0.3) is 0 Å². The molecule has 0 heterocycles. The van der Waals surface area contributed by atoms with E-state index in [2.05, 4.69) is 20.8 Å². The first-order valence-electron chi connectivity index (χ1n) is 15.1. The number of rotatable bonds is 19. The molecule has 0 unspecified atom stereocenters. The van der Waals surface area contributed by atoms with E-state index in [9.17, 15) is 4.79 Å². The highest BCUT2D eigenvalue weighted by Gasteiger charge is 2.58. The molecule has 4 bridgehead atoms. The van der Waals surface area contributed by atoms with Crippen LogP contribution in [0.4, 0.5) is 0 Å². The summed E-state index contributed by atoms with van der Waals surface area (Å²) in [6, 6.07) is 0. The number of hydrogen-bond donors (Lipinski definition) is 0. The number of hydrogen-bond acceptors (Lipinski definition) is 2. The average Bonchev–Trinajstić information content (AvgIpc) is 2.82. The molecule has 0 aliphatic heterocycles. The van der Waals surface area contributed by atoms with Gasteiger partial charge in [-0.15, -0.1) is 0 Å². The molecule has 0 aromatic rings. The van der Waals surface area contributed by atoms with Gasteiger partial charge in [0.2, 0.25) is 0 Å². The van der Waals surface area contributed by atoms with Crippen molar-refractivity contribution in [2.75, 3.05) is 26.2 Å². The number of carbonyl (C=O) groups excluding carboxylic acids is 1. The van der Waals surface area contributed by atoms with E-state index in [1.807, 2.05) is 0 Å². The maximum Gasteiger partial charge on any atom is 0.293 e. The highest BCUT2D eigenvalue weighted by Crippen LogP contribution is 2.60. The van der Waals surface area contributed by atoms with E-state index >= 15 is 0 Å². The minimum Gasteiger partial charge on any atom is -0.461 e. The highest BCUT2D eigenvalue weighted by atomic mass is 16.5. The van der Waals surface area contributed by atoms with Crippen molar-refractivity contribution in [1.29, 1.82) is 0 Å². The third-order valence-electron chi connectivity index (χ3n) is 10.3. The van der Waals surface area contributed by atoms with Gasteiger partial charge in [0.05, 0.1) is 26.2 Å². The van der Waals surface area contributed by atoms with Crippen LogP contribution in [0.5, 0.6) is 0 Å². The van der Waals surface area contributed by atoms with Gasteiger partial charge in [-0.25, -0.2) is 0 Å². The molecule has 3 nitrogen and oxygen atoms in total. The fraction of sp³-hybridized carbons (Fsp3) is 0.967. The Hall–Kier alpha value is -0.570. The molecule has 0 radical (unpaired) electrons. The molecular weight excluding hydrogens is 406 g/mol. The van der Waals surface area contributed by atoms with Crippen LogP contribution in [0.2, 0.25) is 0 Å². The molecule has 4 aliphatic rings. The minimum absolute atomic E-state index is 0.122. The number of unbranched alkanes of at least 4 members (excludes halogenated alkanes) is 9. The molecular formula is C30H56NO2+. The van der Waals surface area contributed by atoms with Crippen LogP contribution in [0, 0.1) is 23.7 Å². The van der Waals surface area contributed by atoms with Gasteiger partial charge in [0, 0.05) is 6.42 Å². The van der Waals surface area contributed by atoms with E-state index in [4.69, 9.17) is 4.74 Å². The van der Waals surface area contributed by atoms with Gasteiger partial charge < -0.3 is 9.22 Å². The van der Waals surface area contributed by atoms with E-state index in [0.717, 1.165) is 24.7 Å². The summed E-state index contributed by atoms with van der Waals surface area (Å²) in [6.45, 7) is 13.0. The monoisotopic (exact) mass is 462 g/mol. The molecule has 0 N–H and O–H groups in total. The Labute approximate surface area is 206 Å². The van der Waals surface area contributed by atoms with Crippen molar-refractivity contribution < 1.29 is 14.0 Å². The first-order valence-corrected chi connectivity index (χ1v) is 15.1. The zero-order chi connectivity index (χ0) is 23.6. The van der Waals surface area contributed by atoms with Gasteiger partial charge >= 0.3 is 0 Å². The third kappa shape index (κ3) is 6.98. The normalized spacial score (nSPS) is 30.6. The Bertz CT molecular complexity index is 527. The number of nitrogens with zero attached hydrogens (tertiary/aromatic N) is 1. The minimum atomic E-state index is -0.122. The molecule has 4 fully saturated rings. The lowest BCUT2D eigenvalue weighted by Crippen LogP contribution is -2.59. The molecule has 0 saturated heterocycles. The topological polar surface area (TPSA) is 26.3 Å². The van der Waals surface area contributed by atoms with E-state index in [0.29, 0.717) is 11.8 Å². The van der Waals surface area contributed by atoms with E-state index in [1.54, 1.807) is 0 Å². The summed E-state index contributed by atoms with van der Waals surface area (Å²) in [5.41, 5.74) is -0.122. The summed E-state index contributed by atoms with van der Waals surface area (Å²) in [7, 11) is 0. The van der Waals surface area contributed by atoms with E-state index in [-0.39, 0.29) is 5.60 Å². The molecule has 0 amide bonds. The van der Waals surface area contributed by atoms with Gasteiger partial charge in [0.15, 0.2) is 0 Å². The molecule has 33 heavy (non-hydrogen) atoms. The number of ether oxygens (including phenoxy) is 1. The van der Waals surface area contributed by atoms with Crippen molar-refractivity contribution in [3.63, 3.8) is 0 Å². The van der Waals surface area contributed by atoms with Crippen LogP contribution in [0.15, 0.2) is 0 Å². The van der Waals surface area contributed by atoms with Crippen LogP contribution in [-0.4, -0.2) is 42.7 Å². The molecule has 4 aliphatic carbocycles. The van der Waals surface area contributed by atoms with Gasteiger partial charge in [-0.1, -0.05) is 58.3 Å². The standard InChI is InChI=1S/C30H56NO2/c1-4-7-8-9-10-11-12-13-14-15-18-31(5-2,6-3)19-16-17-30(33-25-32)28-21-26-20-27(23-28)24-29(30)22-26/h25-29H,4-24H2,1-3H3/q+1. The van der Waals surface area contributed by atoms with Crippen LogP contribution in [0.3, 0.4) is 0 Å². The number of carbonyl (C=O) groups is 1. The lowest BCUT2D eigenvalue weighted by molar-refractivity contribution is -0.925. The molecule has 0 aromatic heterocycles. The summed E-state index contributed by atoms with van der Waals surface area (Å²) in [4.78, 5) is 11.6. The van der Waals surface area contributed by atoms with Gasteiger partial charge in [-0.2, -0.15) is 0 Å². The Morgan fingerprint density at radius 2 is 1.18 bits per heavy atom. The second-order valence-corrected chi connectivity index (χ2v) is 12.2. The van der Waals surface area contributed by atoms with Crippen molar-refractivity contribution >= 4 is 6.47 Å². The highest BCUT2D eigenvalue weighted by molar-refractivity contribution is 5.39. The van der Waals surface area contributed by atoms with Crippen LogP contribution in [-0.2, 0) is 9.53 Å². The van der Waals surface area contributed by atoms with Gasteiger partial charge in [0.1, 0.15) is 5.60 Å². The van der Waals surface area contributed by atoms with Gasteiger partial charge in [0.25, 0.3) is 6.47 Å². The maximum atomic E-state index is 11.6. The summed E-state index contributed by atoms with van der Waals surface area (Å²) < 4.78 is 7.33. The number of quaternary nitrogens is 1. The first kappa shape index (κ1) is 27.0. The molecule has 0 atom stereocenters. The summed E-state index contributed by atoms with van der Waals surface area (Å²) >= 11 is 0. The molecule has 4 rings (SSSR count). The first-order chi connectivity index (χ1) is 16.1. The molecule has 0 spiro atoms. The van der Waals surface area contributed by atoms with Crippen LogP contribution in [0.1, 0.15) is 130 Å². The molecule has 4 saturated carbocycles. The summed E-state index contributed by atoms with van der Waals surface area (Å²) in [5.74, 6) is 3.14. The predicted octanol–water partition coefficient (Wildman–Crippen LogP) is 7.91. The smallest absolute Gasteiger partial charge is 0.293 e. The molecule has 192 valence electrons. The lowest BCUT2D eigenvalue weighted by Gasteiger charge is -2.60.